The molecule has 0 heterocycles. The van der Waals surface area contributed by atoms with Crippen molar-refractivity contribution in [1.82, 2.24) is 0 Å². The van der Waals surface area contributed by atoms with Gasteiger partial charge in [0.05, 0.1) is 5.41 Å². The van der Waals surface area contributed by atoms with Gasteiger partial charge in [0, 0.05) is 22.6 Å². The van der Waals surface area contributed by atoms with Crippen LogP contribution in [0.1, 0.15) is 80.8 Å². The minimum absolute atomic E-state index is 0.0644. The molecule has 1 unspecified atom stereocenters. The van der Waals surface area contributed by atoms with E-state index in [1.807, 2.05) is 27.7 Å². The lowest BCUT2D eigenvalue weighted by atomic mass is 9.54. The SMILES string of the molecule is CCC(C)c1cc(C=O)c([C@@]2(C=O)CCCC(C)(C)[C@@H]2C=O)c(O)c1O. The fraction of sp³-hybridized carbons (Fsp3) is 0.571. The summed E-state index contributed by atoms with van der Waals surface area (Å²) < 4.78 is 0. The highest BCUT2D eigenvalue weighted by molar-refractivity contribution is 5.88. The molecule has 0 amide bonds. The first kappa shape index (κ1) is 20.1. The van der Waals surface area contributed by atoms with E-state index in [1.54, 1.807) is 6.07 Å². The first-order chi connectivity index (χ1) is 12.2. The summed E-state index contributed by atoms with van der Waals surface area (Å²) in [6.45, 7) is 7.65. The average molecular weight is 360 g/mol. The number of benzene rings is 1. The van der Waals surface area contributed by atoms with Gasteiger partial charge in [-0.1, -0.05) is 34.1 Å². The summed E-state index contributed by atoms with van der Waals surface area (Å²) in [6.07, 6.45) is 4.53. The van der Waals surface area contributed by atoms with Gasteiger partial charge in [-0.3, -0.25) is 4.79 Å². The van der Waals surface area contributed by atoms with Crippen molar-refractivity contribution in [2.24, 2.45) is 11.3 Å². The van der Waals surface area contributed by atoms with Crippen molar-refractivity contribution >= 4 is 18.9 Å². The summed E-state index contributed by atoms with van der Waals surface area (Å²) in [6, 6.07) is 1.54. The van der Waals surface area contributed by atoms with Crippen molar-refractivity contribution in [1.29, 1.82) is 0 Å². The van der Waals surface area contributed by atoms with Gasteiger partial charge in [-0.2, -0.15) is 0 Å². The highest BCUT2D eigenvalue weighted by Crippen LogP contribution is 2.55. The number of hydrogen-bond acceptors (Lipinski definition) is 5. The van der Waals surface area contributed by atoms with Gasteiger partial charge in [0.25, 0.3) is 0 Å². The van der Waals surface area contributed by atoms with Crippen molar-refractivity contribution in [2.75, 3.05) is 0 Å². The molecule has 2 rings (SSSR count). The molecule has 0 bridgehead atoms. The Kier molecular flexibility index (Phi) is 5.59. The molecule has 1 saturated carbocycles. The Morgan fingerprint density at radius 3 is 2.35 bits per heavy atom. The summed E-state index contributed by atoms with van der Waals surface area (Å²) in [5.41, 5.74) is -1.08. The number of carbonyl (C=O) groups excluding carboxylic acids is 3. The minimum atomic E-state index is -1.32. The van der Waals surface area contributed by atoms with Gasteiger partial charge in [-0.15, -0.1) is 0 Å². The molecule has 2 N–H and O–H groups in total. The Morgan fingerprint density at radius 2 is 1.85 bits per heavy atom. The van der Waals surface area contributed by atoms with Crippen molar-refractivity contribution in [3.05, 3.63) is 22.8 Å². The lowest BCUT2D eigenvalue weighted by molar-refractivity contribution is -0.128. The molecule has 0 radical (unpaired) electrons. The first-order valence-corrected chi connectivity index (χ1v) is 9.16. The predicted octanol–water partition coefficient (Wildman–Crippen LogP) is 3.89. The van der Waals surface area contributed by atoms with E-state index in [0.717, 1.165) is 12.7 Å². The van der Waals surface area contributed by atoms with Gasteiger partial charge in [-0.25, -0.2) is 0 Å². The molecule has 5 heteroatoms. The van der Waals surface area contributed by atoms with Gasteiger partial charge < -0.3 is 19.8 Å². The van der Waals surface area contributed by atoms with Crippen LogP contribution in [0.5, 0.6) is 11.5 Å². The van der Waals surface area contributed by atoms with Gasteiger partial charge >= 0.3 is 0 Å². The standard InChI is InChI=1S/C21H28O5/c1-5-13(2)15-9-14(10-22)17(19(26)18(15)25)21(12-24)8-6-7-20(3,4)16(21)11-23/h9-13,16,25-26H,5-8H2,1-4H3/t13?,16-,21+/m0/s1. The predicted molar refractivity (Wildman–Crippen MR) is 98.8 cm³/mol. The molecule has 1 aromatic rings. The van der Waals surface area contributed by atoms with Gasteiger partial charge in [0.2, 0.25) is 0 Å². The maximum Gasteiger partial charge on any atom is 0.162 e. The van der Waals surface area contributed by atoms with Crippen LogP contribution in [-0.4, -0.2) is 29.1 Å². The maximum absolute atomic E-state index is 12.3. The Balaban J connectivity index is 2.83. The van der Waals surface area contributed by atoms with Crippen LogP contribution in [0.15, 0.2) is 6.07 Å². The molecule has 0 spiro atoms. The van der Waals surface area contributed by atoms with Crippen LogP contribution in [0.25, 0.3) is 0 Å². The van der Waals surface area contributed by atoms with E-state index < -0.39 is 22.5 Å². The average Bonchev–Trinajstić information content (AvgIpc) is 2.61. The number of aldehydes is 3. The van der Waals surface area contributed by atoms with Crippen molar-refractivity contribution < 1.29 is 24.6 Å². The monoisotopic (exact) mass is 360 g/mol. The fourth-order valence-corrected chi connectivity index (χ4v) is 4.50. The van der Waals surface area contributed by atoms with Crippen LogP contribution in [0.2, 0.25) is 0 Å². The molecule has 142 valence electrons. The molecular formula is C21H28O5. The second kappa shape index (κ2) is 7.22. The number of hydrogen-bond donors (Lipinski definition) is 2. The molecule has 1 fully saturated rings. The Hall–Kier alpha value is -2.17. The van der Waals surface area contributed by atoms with Gasteiger partial charge in [0.15, 0.2) is 17.8 Å². The van der Waals surface area contributed by atoms with E-state index in [2.05, 4.69) is 0 Å². The Bertz CT molecular complexity index is 722. The molecule has 1 aliphatic carbocycles. The molecule has 26 heavy (non-hydrogen) atoms. The number of phenolic OH excluding ortho intramolecular Hbond substituents is 2. The zero-order chi connectivity index (χ0) is 19.7. The second-order valence-corrected chi connectivity index (χ2v) is 8.17. The zero-order valence-corrected chi connectivity index (χ0v) is 15.9. The lowest BCUT2D eigenvalue weighted by Gasteiger charge is -2.47. The van der Waals surface area contributed by atoms with Crippen LogP contribution in [0.3, 0.4) is 0 Å². The first-order valence-electron chi connectivity index (χ1n) is 9.16. The third kappa shape index (κ3) is 2.93. The molecule has 0 saturated heterocycles. The van der Waals surface area contributed by atoms with E-state index in [9.17, 15) is 24.6 Å². The highest BCUT2D eigenvalue weighted by atomic mass is 16.3. The molecular weight excluding hydrogens is 332 g/mol. The third-order valence-corrected chi connectivity index (χ3v) is 6.22. The number of aromatic hydroxyl groups is 2. The second-order valence-electron chi connectivity index (χ2n) is 8.17. The smallest absolute Gasteiger partial charge is 0.162 e. The lowest BCUT2D eigenvalue weighted by Crippen LogP contribution is -2.49. The van der Waals surface area contributed by atoms with E-state index in [0.29, 0.717) is 37.4 Å². The number of phenols is 2. The minimum Gasteiger partial charge on any atom is -0.504 e. The Morgan fingerprint density at radius 1 is 1.19 bits per heavy atom. The highest BCUT2D eigenvalue weighted by Gasteiger charge is 2.53. The van der Waals surface area contributed by atoms with Crippen molar-refractivity contribution in [3.8, 4) is 11.5 Å². The quantitative estimate of drug-likeness (QED) is 0.593. The van der Waals surface area contributed by atoms with Crippen LogP contribution < -0.4 is 0 Å². The molecule has 0 aromatic heterocycles. The summed E-state index contributed by atoms with van der Waals surface area (Å²) in [5, 5.41) is 21.3. The molecule has 5 nitrogen and oxygen atoms in total. The van der Waals surface area contributed by atoms with E-state index in [-0.39, 0.29) is 22.8 Å². The summed E-state index contributed by atoms with van der Waals surface area (Å²) >= 11 is 0. The summed E-state index contributed by atoms with van der Waals surface area (Å²) in [7, 11) is 0. The summed E-state index contributed by atoms with van der Waals surface area (Å²) in [4.78, 5) is 36.0. The number of carbonyl (C=O) groups is 3. The largest absolute Gasteiger partial charge is 0.504 e. The normalized spacial score (nSPS) is 26.1. The van der Waals surface area contributed by atoms with Gasteiger partial charge in [-0.05, 0) is 36.7 Å². The maximum atomic E-state index is 12.3. The van der Waals surface area contributed by atoms with Crippen LogP contribution in [-0.2, 0) is 15.0 Å². The topological polar surface area (TPSA) is 91.7 Å². The van der Waals surface area contributed by atoms with Gasteiger partial charge in [0.1, 0.15) is 12.6 Å². The zero-order valence-electron chi connectivity index (χ0n) is 15.9. The van der Waals surface area contributed by atoms with Crippen molar-refractivity contribution in [2.45, 2.75) is 64.7 Å². The molecule has 1 aromatic carbocycles. The van der Waals surface area contributed by atoms with E-state index in [1.165, 1.54) is 0 Å². The van der Waals surface area contributed by atoms with Crippen LogP contribution >= 0.6 is 0 Å². The summed E-state index contributed by atoms with van der Waals surface area (Å²) in [5.74, 6) is -1.53. The Labute approximate surface area is 154 Å². The number of rotatable bonds is 6. The fourth-order valence-electron chi connectivity index (χ4n) is 4.50. The van der Waals surface area contributed by atoms with E-state index in [4.69, 9.17) is 0 Å². The molecule has 0 aliphatic heterocycles. The van der Waals surface area contributed by atoms with E-state index >= 15 is 0 Å². The molecule has 3 atom stereocenters. The van der Waals surface area contributed by atoms with Crippen molar-refractivity contribution in [3.63, 3.8) is 0 Å². The van der Waals surface area contributed by atoms with Crippen LogP contribution in [0, 0.1) is 11.3 Å². The molecule has 1 aliphatic rings. The third-order valence-electron chi connectivity index (χ3n) is 6.22. The van der Waals surface area contributed by atoms with Crippen LogP contribution in [0.4, 0.5) is 0 Å².